The number of nitriles is 1. The van der Waals surface area contributed by atoms with Gasteiger partial charge in [0.05, 0.1) is 6.07 Å². The number of rotatable bonds is 5. The van der Waals surface area contributed by atoms with Crippen LogP contribution in [0.15, 0.2) is 0 Å². The Kier molecular flexibility index (Phi) is 5.79. The molecule has 0 aromatic rings. The first-order chi connectivity index (χ1) is 8.80. The molecule has 0 aromatic heterocycles. The number of piperazine rings is 1. The lowest BCUT2D eigenvalue weighted by Crippen LogP contribution is -2.58. The first-order valence-electron chi connectivity index (χ1n) is 7.44. The second-order valence-corrected chi connectivity index (χ2v) is 6.80. The summed E-state index contributed by atoms with van der Waals surface area (Å²) < 4.78 is 0. The molecule has 1 N–H and O–H groups in total. The maximum Gasteiger partial charge on any atom is 0.116 e. The largest absolute Gasteiger partial charge is 0.299 e. The predicted molar refractivity (Wildman–Crippen MR) is 80.1 cm³/mol. The molecule has 0 amide bonds. The smallest absolute Gasteiger partial charge is 0.116 e. The molecule has 1 atom stereocenters. The topological polar surface area (TPSA) is 42.3 Å². The molecule has 1 fully saturated rings. The van der Waals surface area contributed by atoms with Gasteiger partial charge in [-0.3, -0.25) is 15.1 Å². The van der Waals surface area contributed by atoms with Gasteiger partial charge in [-0.15, -0.1) is 0 Å². The van der Waals surface area contributed by atoms with Gasteiger partial charge in [0.15, 0.2) is 0 Å². The Morgan fingerprint density at radius 1 is 1.11 bits per heavy atom. The SMILES string of the molecule is CCCNC(C)(C#N)CN1CCN(C(C)(C)C)CC1. The normalized spacial score (nSPS) is 21.9. The highest BCUT2D eigenvalue weighted by atomic mass is 15.3. The lowest BCUT2D eigenvalue weighted by Gasteiger charge is -2.43. The molecular weight excluding hydrogens is 236 g/mol. The van der Waals surface area contributed by atoms with Crippen molar-refractivity contribution >= 4 is 0 Å². The standard InChI is InChI=1S/C15H30N4/c1-6-7-17-15(5,12-16)13-18-8-10-19(11-9-18)14(2,3)4/h17H,6-11,13H2,1-5H3. The van der Waals surface area contributed by atoms with Crippen LogP contribution in [0.25, 0.3) is 0 Å². The molecule has 1 aliphatic rings. The van der Waals surface area contributed by atoms with Crippen LogP contribution >= 0.6 is 0 Å². The average molecular weight is 266 g/mol. The van der Waals surface area contributed by atoms with E-state index in [9.17, 15) is 5.26 Å². The second kappa shape index (κ2) is 6.69. The number of nitrogens with one attached hydrogen (secondary N) is 1. The van der Waals surface area contributed by atoms with Gasteiger partial charge in [-0.25, -0.2) is 0 Å². The van der Waals surface area contributed by atoms with Gasteiger partial charge in [0.25, 0.3) is 0 Å². The first-order valence-corrected chi connectivity index (χ1v) is 7.44. The van der Waals surface area contributed by atoms with Gasteiger partial charge < -0.3 is 0 Å². The summed E-state index contributed by atoms with van der Waals surface area (Å²) in [5, 5.41) is 12.7. The third-order valence-electron chi connectivity index (χ3n) is 3.87. The number of hydrogen-bond donors (Lipinski definition) is 1. The van der Waals surface area contributed by atoms with Crippen molar-refractivity contribution in [1.82, 2.24) is 15.1 Å². The minimum atomic E-state index is -0.417. The Hall–Kier alpha value is -0.630. The van der Waals surface area contributed by atoms with E-state index in [-0.39, 0.29) is 5.54 Å². The lowest BCUT2D eigenvalue weighted by atomic mass is 10.0. The summed E-state index contributed by atoms with van der Waals surface area (Å²) in [6.45, 7) is 17.0. The third kappa shape index (κ3) is 5.10. The van der Waals surface area contributed by atoms with Gasteiger partial charge in [-0.1, -0.05) is 6.92 Å². The molecule has 0 saturated carbocycles. The van der Waals surface area contributed by atoms with Crippen LogP contribution in [0, 0.1) is 11.3 Å². The minimum absolute atomic E-state index is 0.255. The van der Waals surface area contributed by atoms with E-state index in [0.717, 1.165) is 45.7 Å². The van der Waals surface area contributed by atoms with Crippen molar-refractivity contribution in [2.45, 2.75) is 52.1 Å². The molecule has 0 radical (unpaired) electrons. The van der Waals surface area contributed by atoms with Crippen LogP contribution in [0.3, 0.4) is 0 Å². The Labute approximate surface area is 118 Å². The van der Waals surface area contributed by atoms with Crippen LogP contribution < -0.4 is 5.32 Å². The summed E-state index contributed by atoms with van der Waals surface area (Å²) in [4.78, 5) is 4.93. The van der Waals surface area contributed by atoms with E-state index < -0.39 is 5.54 Å². The summed E-state index contributed by atoms with van der Waals surface area (Å²) in [5.74, 6) is 0. The maximum absolute atomic E-state index is 9.37. The van der Waals surface area contributed by atoms with Crippen LogP contribution in [-0.2, 0) is 0 Å². The first kappa shape index (κ1) is 16.4. The fourth-order valence-corrected chi connectivity index (χ4v) is 2.56. The van der Waals surface area contributed by atoms with Crippen molar-refractivity contribution in [3.8, 4) is 6.07 Å². The molecule has 0 aliphatic carbocycles. The van der Waals surface area contributed by atoms with Crippen LogP contribution in [0.1, 0.15) is 41.0 Å². The molecule has 110 valence electrons. The molecule has 0 aromatic carbocycles. The molecule has 4 heteroatoms. The van der Waals surface area contributed by atoms with E-state index in [1.807, 2.05) is 6.92 Å². The van der Waals surface area contributed by atoms with Gasteiger partial charge in [0.1, 0.15) is 5.54 Å². The van der Waals surface area contributed by atoms with E-state index in [1.54, 1.807) is 0 Å². The monoisotopic (exact) mass is 266 g/mol. The molecule has 1 aliphatic heterocycles. The fraction of sp³-hybridized carbons (Fsp3) is 0.933. The Bertz CT molecular complexity index is 307. The van der Waals surface area contributed by atoms with Crippen molar-refractivity contribution in [1.29, 1.82) is 5.26 Å². The number of hydrogen-bond acceptors (Lipinski definition) is 4. The number of nitrogens with zero attached hydrogens (tertiary/aromatic N) is 3. The highest BCUT2D eigenvalue weighted by Gasteiger charge is 2.30. The van der Waals surface area contributed by atoms with Gasteiger partial charge in [0.2, 0.25) is 0 Å². The summed E-state index contributed by atoms with van der Waals surface area (Å²) >= 11 is 0. The molecule has 1 unspecified atom stereocenters. The second-order valence-electron chi connectivity index (χ2n) is 6.80. The summed E-state index contributed by atoms with van der Waals surface area (Å²) in [7, 11) is 0. The van der Waals surface area contributed by atoms with E-state index in [1.165, 1.54) is 0 Å². The van der Waals surface area contributed by atoms with Crippen LogP contribution in [0.5, 0.6) is 0 Å². The predicted octanol–water partition coefficient (Wildman–Crippen LogP) is 1.68. The lowest BCUT2D eigenvalue weighted by molar-refractivity contribution is 0.0546. The molecule has 1 heterocycles. The van der Waals surface area contributed by atoms with Gasteiger partial charge in [0, 0.05) is 38.3 Å². The van der Waals surface area contributed by atoms with Crippen molar-refractivity contribution in [3.63, 3.8) is 0 Å². The Morgan fingerprint density at radius 3 is 2.11 bits per heavy atom. The van der Waals surface area contributed by atoms with Crippen LogP contribution in [-0.4, -0.2) is 60.1 Å². The Balaban J connectivity index is 2.46. The zero-order chi connectivity index (χ0) is 14.5. The van der Waals surface area contributed by atoms with Gasteiger partial charge in [-0.05, 0) is 40.7 Å². The van der Waals surface area contributed by atoms with Crippen LogP contribution in [0.4, 0.5) is 0 Å². The fourth-order valence-electron chi connectivity index (χ4n) is 2.56. The molecule has 0 bridgehead atoms. The highest BCUT2D eigenvalue weighted by molar-refractivity contribution is 5.06. The van der Waals surface area contributed by atoms with Crippen molar-refractivity contribution in [3.05, 3.63) is 0 Å². The third-order valence-corrected chi connectivity index (χ3v) is 3.87. The quantitative estimate of drug-likeness (QED) is 0.822. The summed E-state index contributed by atoms with van der Waals surface area (Å²) in [6.07, 6.45) is 1.06. The van der Waals surface area contributed by atoms with E-state index >= 15 is 0 Å². The average Bonchev–Trinajstić information content (AvgIpc) is 2.36. The summed E-state index contributed by atoms with van der Waals surface area (Å²) in [6, 6.07) is 2.44. The van der Waals surface area contributed by atoms with Crippen molar-refractivity contribution in [2.24, 2.45) is 0 Å². The minimum Gasteiger partial charge on any atom is -0.299 e. The zero-order valence-electron chi connectivity index (χ0n) is 13.3. The summed E-state index contributed by atoms with van der Waals surface area (Å²) in [5.41, 5.74) is -0.162. The van der Waals surface area contributed by atoms with E-state index in [0.29, 0.717) is 0 Å². The zero-order valence-corrected chi connectivity index (χ0v) is 13.3. The van der Waals surface area contributed by atoms with E-state index in [4.69, 9.17) is 0 Å². The van der Waals surface area contributed by atoms with Gasteiger partial charge >= 0.3 is 0 Å². The highest BCUT2D eigenvalue weighted by Crippen LogP contribution is 2.17. The van der Waals surface area contributed by atoms with E-state index in [2.05, 4.69) is 48.9 Å². The molecule has 0 spiro atoms. The maximum atomic E-state index is 9.37. The van der Waals surface area contributed by atoms with Crippen molar-refractivity contribution < 1.29 is 0 Å². The van der Waals surface area contributed by atoms with Gasteiger partial charge in [-0.2, -0.15) is 5.26 Å². The molecular formula is C15H30N4. The van der Waals surface area contributed by atoms with Crippen molar-refractivity contribution in [2.75, 3.05) is 39.3 Å². The Morgan fingerprint density at radius 2 is 1.68 bits per heavy atom. The molecule has 1 rings (SSSR count). The molecule has 19 heavy (non-hydrogen) atoms. The molecule has 4 nitrogen and oxygen atoms in total. The molecule has 1 saturated heterocycles. The van der Waals surface area contributed by atoms with Crippen LogP contribution in [0.2, 0.25) is 0 Å².